The topological polar surface area (TPSA) is 120 Å². The van der Waals surface area contributed by atoms with Gasteiger partial charge in [-0.15, -0.1) is 0 Å². The van der Waals surface area contributed by atoms with Crippen LogP contribution < -0.4 is 0 Å². The summed E-state index contributed by atoms with van der Waals surface area (Å²) in [5.74, 6) is -0.134. The zero-order chi connectivity index (χ0) is 28.4. The summed E-state index contributed by atoms with van der Waals surface area (Å²) >= 11 is 0. The van der Waals surface area contributed by atoms with E-state index in [1.165, 1.54) is 12.4 Å². The van der Waals surface area contributed by atoms with E-state index in [0.717, 1.165) is 60.5 Å². The first-order valence-corrected chi connectivity index (χ1v) is 13.6. The van der Waals surface area contributed by atoms with Gasteiger partial charge >= 0.3 is 6.18 Å². The van der Waals surface area contributed by atoms with Crippen molar-refractivity contribution in [3.05, 3.63) is 60.6 Å². The molecule has 0 saturated carbocycles. The molecule has 3 aliphatic rings. The predicted octanol–water partition coefficient (Wildman–Crippen LogP) is 4.20. The maximum absolute atomic E-state index is 13.6. The number of amides is 1. The van der Waals surface area contributed by atoms with Gasteiger partial charge in [0, 0.05) is 79.5 Å². The second kappa shape index (κ2) is 9.37. The summed E-state index contributed by atoms with van der Waals surface area (Å²) in [6.07, 6.45) is 6.67. The van der Waals surface area contributed by atoms with Gasteiger partial charge in [0.25, 0.3) is 5.91 Å². The van der Waals surface area contributed by atoms with Crippen LogP contribution in [0.4, 0.5) is 13.2 Å². The molecule has 41 heavy (non-hydrogen) atoms. The van der Waals surface area contributed by atoms with Gasteiger partial charge in [0.15, 0.2) is 0 Å². The number of halogens is 3. The molecular weight excluding hydrogens is 535 g/mol. The van der Waals surface area contributed by atoms with Gasteiger partial charge in [-0.3, -0.25) is 19.4 Å². The van der Waals surface area contributed by atoms with Crippen LogP contribution in [0.3, 0.4) is 0 Å². The van der Waals surface area contributed by atoms with Gasteiger partial charge in [0.1, 0.15) is 23.3 Å². The Hall–Kier alpha value is -4.31. The third-order valence-corrected chi connectivity index (χ3v) is 8.84. The van der Waals surface area contributed by atoms with Gasteiger partial charge in [0.05, 0.1) is 18.0 Å². The molecule has 2 unspecified atom stereocenters. The number of likely N-dealkylation sites (tertiary alicyclic amines) is 1. The number of hydrogen-bond acceptors (Lipinski definition) is 7. The molecule has 7 rings (SSSR count). The largest absolute Gasteiger partial charge is 0.433 e. The number of nitriles is 1. The molecule has 4 aromatic heterocycles. The number of pyridine rings is 1. The SMILES string of the molecule is N#CCC1CN(C2(n3cc(-c4ncnc5[nH]ccc45)cn3)CC3CCC(C2)N3C(=O)c2ccnc(C(F)(F)F)c2)C1. The Morgan fingerprint density at radius 2 is 1.93 bits per heavy atom. The lowest BCUT2D eigenvalue weighted by atomic mass is 9.83. The van der Waals surface area contributed by atoms with E-state index in [-0.39, 0.29) is 23.6 Å². The van der Waals surface area contributed by atoms with Crippen LogP contribution in [0.2, 0.25) is 0 Å². The molecule has 4 aromatic rings. The summed E-state index contributed by atoms with van der Waals surface area (Å²) in [4.78, 5) is 33.0. The van der Waals surface area contributed by atoms with Crippen molar-refractivity contribution < 1.29 is 18.0 Å². The molecular formula is C28H26F3N9O. The van der Waals surface area contributed by atoms with Crippen molar-refractivity contribution in [1.29, 1.82) is 5.26 Å². The maximum Gasteiger partial charge on any atom is 0.433 e. The first-order valence-electron chi connectivity index (χ1n) is 13.6. The maximum atomic E-state index is 13.6. The zero-order valence-corrected chi connectivity index (χ0v) is 21.9. The van der Waals surface area contributed by atoms with Gasteiger partial charge in [-0.25, -0.2) is 9.97 Å². The molecule has 0 radical (unpaired) electrons. The van der Waals surface area contributed by atoms with E-state index in [1.54, 1.807) is 11.1 Å². The predicted molar refractivity (Wildman–Crippen MR) is 140 cm³/mol. The van der Waals surface area contributed by atoms with E-state index < -0.39 is 23.4 Å². The second-order valence-corrected chi connectivity index (χ2v) is 11.2. The first-order chi connectivity index (χ1) is 19.8. The highest BCUT2D eigenvalue weighted by Crippen LogP contribution is 2.49. The summed E-state index contributed by atoms with van der Waals surface area (Å²) in [6.45, 7) is 1.48. The lowest BCUT2D eigenvalue weighted by Gasteiger charge is -2.56. The number of H-pyrrole nitrogens is 1. The highest BCUT2D eigenvalue weighted by atomic mass is 19.4. The molecule has 0 spiro atoms. The normalized spacial score (nSPS) is 24.9. The fourth-order valence-electron chi connectivity index (χ4n) is 6.93. The van der Waals surface area contributed by atoms with Crippen molar-refractivity contribution >= 4 is 16.9 Å². The molecule has 1 amide bonds. The molecule has 13 heteroatoms. The number of nitrogens with one attached hydrogen (secondary N) is 1. The standard InChI is InChI=1S/C28H26F3N9O/c29-28(30,31)23-9-18(4-7-33-23)26(41)40-20-1-2-21(40)11-27(10-20,38-13-17(14-38)3-6-32)39-15-19(12-37-39)24-22-5-8-34-25(22)36-16-35-24/h4-5,7-9,12,15-17,20-21H,1-3,10-11,13-14H2,(H,34,35,36). The summed E-state index contributed by atoms with van der Waals surface area (Å²) in [5, 5.41) is 14.9. The Balaban J connectivity index is 1.22. The number of nitrogens with zero attached hydrogens (tertiary/aromatic N) is 8. The summed E-state index contributed by atoms with van der Waals surface area (Å²) in [7, 11) is 0. The van der Waals surface area contributed by atoms with Crippen LogP contribution in [0.15, 0.2) is 49.3 Å². The number of carbonyl (C=O) groups is 1. The van der Waals surface area contributed by atoms with Crippen molar-refractivity contribution in [2.75, 3.05) is 13.1 Å². The van der Waals surface area contributed by atoms with Crippen LogP contribution in [-0.2, 0) is 11.8 Å². The van der Waals surface area contributed by atoms with Crippen LogP contribution in [0.5, 0.6) is 0 Å². The van der Waals surface area contributed by atoms with E-state index in [2.05, 4.69) is 30.9 Å². The lowest BCUT2D eigenvalue weighted by Crippen LogP contribution is -2.66. The summed E-state index contributed by atoms with van der Waals surface area (Å²) in [6, 6.07) is 6.05. The Kier molecular flexibility index (Phi) is 5.86. The molecule has 210 valence electrons. The van der Waals surface area contributed by atoms with Crippen molar-refractivity contribution in [1.82, 2.24) is 39.5 Å². The smallest absolute Gasteiger partial charge is 0.346 e. The molecule has 2 bridgehead atoms. The van der Waals surface area contributed by atoms with Crippen molar-refractivity contribution in [3.8, 4) is 17.3 Å². The van der Waals surface area contributed by atoms with Gasteiger partial charge in [-0.05, 0) is 37.0 Å². The fourth-order valence-corrected chi connectivity index (χ4v) is 6.93. The lowest BCUT2D eigenvalue weighted by molar-refractivity contribution is -0.141. The minimum atomic E-state index is -4.63. The van der Waals surface area contributed by atoms with Crippen molar-refractivity contribution in [2.24, 2.45) is 5.92 Å². The fraction of sp³-hybridized carbons (Fsp3) is 0.429. The van der Waals surface area contributed by atoms with E-state index in [4.69, 9.17) is 5.10 Å². The molecule has 0 aliphatic carbocycles. The molecule has 3 saturated heterocycles. The minimum Gasteiger partial charge on any atom is -0.346 e. The monoisotopic (exact) mass is 561 g/mol. The number of rotatable bonds is 5. The zero-order valence-electron chi connectivity index (χ0n) is 21.9. The van der Waals surface area contributed by atoms with Crippen LogP contribution in [0.1, 0.15) is 48.2 Å². The average Bonchev–Trinajstić information content (AvgIpc) is 3.68. The van der Waals surface area contributed by atoms with Crippen LogP contribution in [0.25, 0.3) is 22.3 Å². The quantitative estimate of drug-likeness (QED) is 0.388. The van der Waals surface area contributed by atoms with E-state index in [1.807, 2.05) is 23.1 Å². The third-order valence-electron chi connectivity index (χ3n) is 8.84. The van der Waals surface area contributed by atoms with E-state index >= 15 is 0 Å². The number of aromatic nitrogens is 6. The molecule has 2 atom stereocenters. The molecule has 7 heterocycles. The number of carbonyl (C=O) groups excluding carboxylic acids is 1. The Bertz CT molecular complexity index is 1650. The number of aromatic amines is 1. The van der Waals surface area contributed by atoms with Gasteiger partial charge in [-0.1, -0.05) is 0 Å². The molecule has 0 aromatic carbocycles. The molecule has 10 nitrogen and oxygen atoms in total. The highest BCUT2D eigenvalue weighted by molar-refractivity contribution is 5.95. The van der Waals surface area contributed by atoms with E-state index in [0.29, 0.717) is 19.3 Å². The molecule has 3 fully saturated rings. The molecule has 3 aliphatic heterocycles. The third kappa shape index (κ3) is 4.16. The van der Waals surface area contributed by atoms with Gasteiger partial charge in [0.2, 0.25) is 0 Å². The van der Waals surface area contributed by atoms with Crippen LogP contribution >= 0.6 is 0 Å². The van der Waals surface area contributed by atoms with Crippen molar-refractivity contribution in [3.63, 3.8) is 0 Å². The summed E-state index contributed by atoms with van der Waals surface area (Å²) < 4.78 is 41.9. The van der Waals surface area contributed by atoms with Crippen molar-refractivity contribution in [2.45, 2.75) is 56.0 Å². The Morgan fingerprint density at radius 3 is 2.66 bits per heavy atom. The number of alkyl halides is 3. The molecule has 1 N–H and O–H groups in total. The average molecular weight is 562 g/mol. The Morgan fingerprint density at radius 1 is 1.15 bits per heavy atom. The number of piperidine rings is 1. The first kappa shape index (κ1) is 25.6. The second-order valence-electron chi connectivity index (χ2n) is 11.2. The Labute approximate surface area is 232 Å². The number of hydrogen-bond donors (Lipinski definition) is 1. The van der Waals surface area contributed by atoms with Crippen LogP contribution in [-0.4, -0.2) is 70.6 Å². The van der Waals surface area contributed by atoms with Crippen LogP contribution in [0, 0.1) is 17.2 Å². The summed E-state index contributed by atoms with van der Waals surface area (Å²) in [5.41, 5.74) is 0.721. The number of fused-ring (bicyclic) bond motifs is 3. The van der Waals surface area contributed by atoms with Gasteiger partial charge in [-0.2, -0.15) is 23.5 Å². The van der Waals surface area contributed by atoms with Gasteiger partial charge < -0.3 is 9.88 Å². The highest BCUT2D eigenvalue weighted by Gasteiger charge is 2.56. The minimum absolute atomic E-state index is 0.00424. The van der Waals surface area contributed by atoms with E-state index in [9.17, 15) is 23.2 Å².